The number of esters is 1. The first-order chi connectivity index (χ1) is 10.4. The van der Waals surface area contributed by atoms with E-state index in [1.807, 2.05) is 13.8 Å². The van der Waals surface area contributed by atoms with Crippen LogP contribution in [0.1, 0.15) is 47.5 Å². The second-order valence-corrected chi connectivity index (χ2v) is 5.48. The Balaban J connectivity index is 4.49. The lowest BCUT2D eigenvalue weighted by Crippen LogP contribution is -2.35. The second kappa shape index (κ2) is 12.2. The molecule has 0 fully saturated rings. The zero-order chi connectivity index (χ0) is 17.0. The first kappa shape index (κ1) is 20.6. The molecule has 0 saturated heterocycles. The standard InChI is InChI=1S/C17H32N2O3/c1-6-18(7-2)11-9-12-19(16(20)14-15(4)5)13-10-17(21)22-8-3/h14H,6-13H2,1-5H3. The molecule has 0 saturated carbocycles. The zero-order valence-corrected chi connectivity index (χ0v) is 14.9. The van der Waals surface area contributed by atoms with Gasteiger partial charge in [-0.3, -0.25) is 9.59 Å². The molecule has 0 N–H and O–H groups in total. The molecule has 0 radical (unpaired) electrons. The molecule has 0 aromatic rings. The van der Waals surface area contributed by atoms with Crippen LogP contribution in [0.5, 0.6) is 0 Å². The highest BCUT2D eigenvalue weighted by Crippen LogP contribution is 2.02. The molecular formula is C17H32N2O3. The van der Waals surface area contributed by atoms with Gasteiger partial charge in [0.25, 0.3) is 0 Å². The first-order valence-corrected chi connectivity index (χ1v) is 8.26. The normalized spacial score (nSPS) is 10.5. The minimum Gasteiger partial charge on any atom is -0.466 e. The van der Waals surface area contributed by atoms with Crippen molar-refractivity contribution < 1.29 is 14.3 Å². The van der Waals surface area contributed by atoms with Crippen molar-refractivity contribution >= 4 is 11.9 Å². The maximum atomic E-state index is 12.2. The molecule has 0 rings (SSSR count). The summed E-state index contributed by atoms with van der Waals surface area (Å²) in [5.74, 6) is -0.273. The lowest BCUT2D eigenvalue weighted by Gasteiger charge is -2.24. The fourth-order valence-electron chi connectivity index (χ4n) is 2.15. The van der Waals surface area contributed by atoms with E-state index in [1.54, 1.807) is 17.9 Å². The van der Waals surface area contributed by atoms with E-state index < -0.39 is 0 Å². The summed E-state index contributed by atoms with van der Waals surface area (Å²) in [5, 5.41) is 0. The van der Waals surface area contributed by atoms with Crippen molar-refractivity contribution in [1.29, 1.82) is 0 Å². The zero-order valence-electron chi connectivity index (χ0n) is 14.9. The summed E-state index contributed by atoms with van der Waals surface area (Å²) in [7, 11) is 0. The SMILES string of the molecule is CCOC(=O)CCN(CCCN(CC)CC)C(=O)C=C(C)C. The van der Waals surface area contributed by atoms with E-state index in [0.29, 0.717) is 19.7 Å². The van der Waals surface area contributed by atoms with Crippen molar-refractivity contribution in [3.8, 4) is 0 Å². The first-order valence-electron chi connectivity index (χ1n) is 8.26. The highest BCUT2D eigenvalue weighted by molar-refractivity contribution is 5.88. The number of carbonyl (C=O) groups is 2. The average Bonchev–Trinajstić information content (AvgIpc) is 2.46. The van der Waals surface area contributed by atoms with Crippen LogP contribution in [-0.4, -0.2) is 61.0 Å². The van der Waals surface area contributed by atoms with Crippen LogP contribution in [-0.2, 0) is 14.3 Å². The van der Waals surface area contributed by atoms with E-state index >= 15 is 0 Å². The Morgan fingerprint density at radius 3 is 2.14 bits per heavy atom. The van der Waals surface area contributed by atoms with Crippen LogP contribution in [0, 0.1) is 0 Å². The van der Waals surface area contributed by atoms with Gasteiger partial charge in [0.05, 0.1) is 13.0 Å². The number of rotatable bonds is 11. The van der Waals surface area contributed by atoms with E-state index in [-0.39, 0.29) is 18.3 Å². The Hall–Kier alpha value is -1.36. The quantitative estimate of drug-likeness (QED) is 0.434. The van der Waals surface area contributed by atoms with Gasteiger partial charge in [-0.05, 0) is 46.8 Å². The maximum absolute atomic E-state index is 12.2. The average molecular weight is 312 g/mol. The Bertz CT molecular complexity index is 359. The molecule has 0 bridgehead atoms. The number of allylic oxidation sites excluding steroid dienone is 1. The molecule has 0 aliphatic rings. The second-order valence-electron chi connectivity index (χ2n) is 5.48. The van der Waals surface area contributed by atoms with Crippen LogP contribution < -0.4 is 0 Å². The number of hydrogen-bond acceptors (Lipinski definition) is 4. The Kier molecular flexibility index (Phi) is 11.5. The van der Waals surface area contributed by atoms with Crippen molar-refractivity contribution in [2.45, 2.75) is 47.5 Å². The summed E-state index contributed by atoms with van der Waals surface area (Å²) in [6, 6.07) is 0. The summed E-state index contributed by atoms with van der Waals surface area (Å²) >= 11 is 0. The van der Waals surface area contributed by atoms with Crippen LogP contribution in [0.15, 0.2) is 11.6 Å². The maximum Gasteiger partial charge on any atom is 0.307 e. The van der Waals surface area contributed by atoms with E-state index in [0.717, 1.165) is 31.6 Å². The van der Waals surface area contributed by atoms with Gasteiger partial charge in [0.15, 0.2) is 0 Å². The highest BCUT2D eigenvalue weighted by Gasteiger charge is 2.14. The third-order valence-electron chi connectivity index (χ3n) is 3.41. The van der Waals surface area contributed by atoms with Crippen molar-refractivity contribution in [3.05, 3.63) is 11.6 Å². The van der Waals surface area contributed by atoms with Crippen LogP contribution in [0.4, 0.5) is 0 Å². The molecule has 1 amide bonds. The molecule has 0 atom stereocenters. The molecule has 22 heavy (non-hydrogen) atoms. The molecule has 5 heteroatoms. The summed E-state index contributed by atoms with van der Waals surface area (Å²) in [6.45, 7) is 14.3. The molecule has 5 nitrogen and oxygen atoms in total. The van der Waals surface area contributed by atoms with Crippen LogP contribution in [0.25, 0.3) is 0 Å². The van der Waals surface area contributed by atoms with Crippen molar-refractivity contribution in [1.82, 2.24) is 9.80 Å². The molecular weight excluding hydrogens is 280 g/mol. The predicted molar refractivity (Wildman–Crippen MR) is 89.7 cm³/mol. The Labute approximate surface area is 135 Å². The largest absolute Gasteiger partial charge is 0.466 e. The van der Waals surface area contributed by atoms with Gasteiger partial charge in [-0.25, -0.2) is 0 Å². The molecule has 0 aromatic heterocycles. The van der Waals surface area contributed by atoms with Gasteiger partial charge in [0.2, 0.25) is 5.91 Å². The highest BCUT2D eigenvalue weighted by atomic mass is 16.5. The van der Waals surface area contributed by atoms with Crippen molar-refractivity contribution in [2.75, 3.05) is 39.3 Å². The molecule has 128 valence electrons. The van der Waals surface area contributed by atoms with Crippen LogP contribution in [0.3, 0.4) is 0 Å². The number of carbonyl (C=O) groups excluding carboxylic acids is 2. The lowest BCUT2D eigenvalue weighted by atomic mass is 10.2. The topological polar surface area (TPSA) is 49.9 Å². The number of ether oxygens (including phenoxy) is 1. The van der Waals surface area contributed by atoms with E-state index in [4.69, 9.17) is 4.74 Å². The predicted octanol–water partition coefficient (Wildman–Crippen LogP) is 2.47. The fourth-order valence-corrected chi connectivity index (χ4v) is 2.15. The van der Waals surface area contributed by atoms with Crippen molar-refractivity contribution in [3.63, 3.8) is 0 Å². The molecule has 0 heterocycles. The lowest BCUT2D eigenvalue weighted by molar-refractivity contribution is -0.143. The minimum absolute atomic E-state index is 0.0242. The van der Waals surface area contributed by atoms with E-state index in [1.165, 1.54) is 0 Å². The third-order valence-corrected chi connectivity index (χ3v) is 3.41. The van der Waals surface area contributed by atoms with Crippen LogP contribution in [0.2, 0.25) is 0 Å². The van der Waals surface area contributed by atoms with Gasteiger partial charge in [0.1, 0.15) is 0 Å². The molecule has 0 unspecified atom stereocenters. The summed E-state index contributed by atoms with van der Waals surface area (Å²) in [5.41, 5.74) is 0.967. The number of nitrogens with zero attached hydrogens (tertiary/aromatic N) is 2. The Morgan fingerprint density at radius 2 is 1.64 bits per heavy atom. The molecule has 0 aliphatic carbocycles. The Morgan fingerprint density at radius 1 is 1.00 bits per heavy atom. The fraction of sp³-hybridized carbons (Fsp3) is 0.765. The molecule has 0 spiro atoms. The van der Waals surface area contributed by atoms with Gasteiger partial charge >= 0.3 is 5.97 Å². The summed E-state index contributed by atoms with van der Waals surface area (Å²) < 4.78 is 4.93. The van der Waals surface area contributed by atoms with Gasteiger partial charge in [-0.1, -0.05) is 19.4 Å². The third kappa shape index (κ3) is 9.55. The van der Waals surface area contributed by atoms with E-state index in [2.05, 4.69) is 18.7 Å². The summed E-state index contributed by atoms with van der Waals surface area (Å²) in [6.07, 6.45) is 2.79. The smallest absolute Gasteiger partial charge is 0.307 e. The van der Waals surface area contributed by atoms with Gasteiger partial charge < -0.3 is 14.5 Å². The number of amides is 1. The summed E-state index contributed by atoms with van der Waals surface area (Å²) in [4.78, 5) is 27.8. The van der Waals surface area contributed by atoms with Crippen molar-refractivity contribution in [2.24, 2.45) is 0 Å². The molecule has 0 aromatic carbocycles. The van der Waals surface area contributed by atoms with Gasteiger partial charge in [0, 0.05) is 19.2 Å². The number of hydrogen-bond donors (Lipinski definition) is 0. The van der Waals surface area contributed by atoms with Crippen LogP contribution >= 0.6 is 0 Å². The van der Waals surface area contributed by atoms with Gasteiger partial charge in [-0.2, -0.15) is 0 Å². The van der Waals surface area contributed by atoms with Gasteiger partial charge in [-0.15, -0.1) is 0 Å². The minimum atomic E-state index is -0.249. The van der Waals surface area contributed by atoms with E-state index in [9.17, 15) is 9.59 Å². The molecule has 0 aliphatic heterocycles. The monoisotopic (exact) mass is 312 g/mol.